The molecule has 0 fully saturated rings. The number of nitrogens with two attached hydrogens (primary N) is 1. The van der Waals surface area contributed by atoms with Gasteiger partial charge in [0.15, 0.2) is 0 Å². The van der Waals surface area contributed by atoms with Crippen molar-refractivity contribution in [2.24, 2.45) is 0 Å². The number of hydrogen-bond donors (Lipinski definition) is 2. The van der Waals surface area contributed by atoms with Crippen molar-refractivity contribution in [3.63, 3.8) is 0 Å². The minimum absolute atomic E-state index is 0.103. The molecule has 2 heterocycles. The lowest BCUT2D eigenvalue weighted by Gasteiger charge is -2.06. The Kier molecular flexibility index (Phi) is 2.74. The van der Waals surface area contributed by atoms with Gasteiger partial charge in [-0.05, 0) is 6.07 Å². The summed E-state index contributed by atoms with van der Waals surface area (Å²) >= 11 is 4.03. The van der Waals surface area contributed by atoms with Gasteiger partial charge in [-0.3, -0.25) is 0 Å². The monoisotopic (exact) mass is 239 g/mol. The summed E-state index contributed by atoms with van der Waals surface area (Å²) in [7, 11) is 0. The van der Waals surface area contributed by atoms with Gasteiger partial charge in [-0.2, -0.15) is 8.78 Å². The SMILES string of the molecule is Nc1cnc(F)cc1-c1cc(S)cnc1F. The average molecular weight is 239 g/mol. The number of halogens is 2. The molecule has 2 rings (SSSR count). The molecular weight excluding hydrogens is 232 g/mol. The molecule has 0 bridgehead atoms. The van der Waals surface area contributed by atoms with E-state index in [1.54, 1.807) is 0 Å². The van der Waals surface area contributed by atoms with Crippen molar-refractivity contribution in [1.29, 1.82) is 0 Å². The van der Waals surface area contributed by atoms with E-state index < -0.39 is 11.9 Å². The number of aromatic nitrogens is 2. The van der Waals surface area contributed by atoms with Crippen molar-refractivity contribution in [2.75, 3.05) is 5.73 Å². The summed E-state index contributed by atoms with van der Waals surface area (Å²) in [6.07, 6.45) is 2.39. The predicted molar refractivity (Wildman–Crippen MR) is 59.0 cm³/mol. The molecule has 82 valence electrons. The summed E-state index contributed by atoms with van der Waals surface area (Å²) in [6.45, 7) is 0. The summed E-state index contributed by atoms with van der Waals surface area (Å²) in [4.78, 5) is 7.31. The molecule has 0 saturated heterocycles. The van der Waals surface area contributed by atoms with Crippen molar-refractivity contribution >= 4 is 18.3 Å². The number of nitrogens with zero attached hydrogens (tertiary/aromatic N) is 2. The van der Waals surface area contributed by atoms with Gasteiger partial charge in [-0.25, -0.2) is 9.97 Å². The number of thiol groups is 1. The highest BCUT2D eigenvalue weighted by atomic mass is 32.1. The summed E-state index contributed by atoms with van der Waals surface area (Å²) < 4.78 is 26.4. The molecule has 2 aromatic rings. The first-order chi connectivity index (χ1) is 7.58. The Morgan fingerprint density at radius 2 is 1.81 bits per heavy atom. The van der Waals surface area contributed by atoms with Crippen LogP contribution in [0.2, 0.25) is 0 Å². The smallest absolute Gasteiger partial charge is 0.220 e. The highest BCUT2D eigenvalue weighted by Gasteiger charge is 2.11. The van der Waals surface area contributed by atoms with Crippen LogP contribution in [0.3, 0.4) is 0 Å². The van der Waals surface area contributed by atoms with E-state index in [-0.39, 0.29) is 16.8 Å². The minimum atomic E-state index is -0.729. The van der Waals surface area contributed by atoms with Crippen LogP contribution in [0, 0.1) is 11.9 Å². The van der Waals surface area contributed by atoms with Gasteiger partial charge in [-0.1, -0.05) is 0 Å². The van der Waals surface area contributed by atoms with E-state index >= 15 is 0 Å². The van der Waals surface area contributed by atoms with Crippen LogP contribution in [-0.2, 0) is 0 Å². The predicted octanol–water partition coefficient (Wildman–Crippen LogP) is 2.29. The van der Waals surface area contributed by atoms with Crippen molar-refractivity contribution in [2.45, 2.75) is 4.90 Å². The van der Waals surface area contributed by atoms with Gasteiger partial charge in [0.25, 0.3) is 0 Å². The van der Waals surface area contributed by atoms with Crippen LogP contribution >= 0.6 is 12.6 Å². The number of anilines is 1. The molecule has 0 aliphatic heterocycles. The summed E-state index contributed by atoms with van der Waals surface area (Å²) in [6, 6.07) is 2.49. The second-order valence-corrected chi connectivity index (χ2v) is 3.64. The van der Waals surface area contributed by atoms with Crippen LogP contribution in [0.15, 0.2) is 29.4 Å². The van der Waals surface area contributed by atoms with Crippen LogP contribution in [-0.4, -0.2) is 9.97 Å². The lowest BCUT2D eigenvalue weighted by atomic mass is 10.1. The highest BCUT2D eigenvalue weighted by molar-refractivity contribution is 7.80. The number of nitrogen functional groups attached to an aromatic ring is 1. The minimum Gasteiger partial charge on any atom is -0.397 e. The molecule has 16 heavy (non-hydrogen) atoms. The standard InChI is InChI=1S/C10H7F2N3S/c11-9-2-6(8(13)4-14-9)7-1-5(16)3-15-10(7)12/h1-4,16H,13H2. The number of hydrogen-bond acceptors (Lipinski definition) is 4. The van der Waals surface area contributed by atoms with Gasteiger partial charge in [0.1, 0.15) is 0 Å². The first-order valence-corrected chi connectivity index (χ1v) is 4.78. The zero-order valence-electron chi connectivity index (χ0n) is 7.98. The second-order valence-electron chi connectivity index (χ2n) is 3.13. The fraction of sp³-hybridized carbons (Fsp3) is 0. The Hall–Kier alpha value is -1.69. The van der Waals surface area contributed by atoms with Gasteiger partial charge in [-0.15, -0.1) is 12.6 Å². The molecule has 0 spiro atoms. The molecule has 0 radical (unpaired) electrons. The molecule has 2 aromatic heterocycles. The van der Waals surface area contributed by atoms with Gasteiger partial charge in [0.2, 0.25) is 11.9 Å². The maximum Gasteiger partial charge on any atom is 0.220 e. The third kappa shape index (κ3) is 1.96. The molecule has 3 nitrogen and oxygen atoms in total. The molecular formula is C10H7F2N3S. The Bertz CT molecular complexity index is 496. The van der Waals surface area contributed by atoms with Crippen LogP contribution in [0.25, 0.3) is 11.1 Å². The lowest BCUT2D eigenvalue weighted by molar-refractivity contribution is 0.579. The molecule has 0 amide bonds. The normalized spacial score (nSPS) is 10.4. The van der Waals surface area contributed by atoms with Crippen LogP contribution in [0.1, 0.15) is 0 Å². The molecule has 0 saturated carbocycles. The van der Waals surface area contributed by atoms with E-state index in [9.17, 15) is 8.78 Å². The van der Waals surface area contributed by atoms with E-state index in [1.165, 1.54) is 12.3 Å². The summed E-state index contributed by atoms with van der Waals surface area (Å²) in [5.74, 6) is -1.46. The van der Waals surface area contributed by atoms with E-state index in [4.69, 9.17) is 5.73 Å². The zero-order chi connectivity index (χ0) is 11.7. The lowest BCUT2D eigenvalue weighted by Crippen LogP contribution is -1.97. The first kappa shape index (κ1) is 10.8. The van der Waals surface area contributed by atoms with Gasteiger partial charge in [0.05, 0.1) is 11.9 Å². The Morgan fingerprint density at radius 1 is 1.06 bits per heavy atom. The Balaban J connectivity index is 2.66. The molecule has 0 atom stereocenters. The quantitative estimate of drug-likeness (QED) is 0.593. The van der Waals surface area contributed by atoms with Crippen molar-refractivity contribution < 1.29 is 8.78 Å². The van der Waals surface area contributed by atoms with Crippen molar-refractivity contribution in [1.82, 2.24) is 9.97 Å². The van der Waals surface area contributed by atoms with Crippen LogP contribution in [0.5, 0.6) is 0 Å². The third-order valence-corrected chi connectivity index (χ3v) is 2.26. The fourth-order valence-corrected chi connectivity index (χ4v) is 1.49. The van der Waals surface area contributed by atoms with Gasteiger partial charge in [0, 0.05) is 28.3 Å². The Labute approximate surface area is 95.8 Å². The maximum atomic E-state index is 13.4. The molecule has 0 aromatic carbocycles. The zero-order valence-corrected chi connectivity index (χ0v) is 8.88. The summed E-state index contributed by atoms with van der Waals surface area (Å²) in [5, 5.41) is 0. The highest BCUT2D eigenvalue weighted by Crippen LogP contribution is 2.28. The van der Waals surface area contributed by atoms with Gasteiger partial charge < -0.3 is 5.73 Å². The Morgan fingerprint density at radius 3 is 2.56 bits per heavy atom. The molecule has 0 aliphatic carbocycles. The van der Waals surface area contributed by atoms with E-state index in [0.717, 1.165) is 12.3 Å². The molecule has 0 aliphatic rings. The van der Waals surface area contributed by atoms with Crippen LogP contribution < -0.4 is 5.73 Å². The first-order valence-electron chi connectivity index (χ1n) is 4.34. The summed E-state index contributed by atoms with van der Waals surface area (Å²) in [5.41, 5.74) is 6.09. The molecule has 6 heteroatoms. The fourth-order valence-electron chi connectivity index (χ4n) is 1.30. The third-order valence-electron chi connectivity index (χ3n) is 2.02. The van der Waals surface area contributed by atoms with Crippen molar-refractivity contribution in [3.8, 4) is 11.1 Å². The topological polar surface area (TPSA) is 51.8 Å². The van der Waals surface area contributed by atoms with E-state index in [0.29, 0.717) is 4.90 Å². The molecule has 0 unspecified atom stereocenters. The largest absolute Gasteiger partial charge is 0.397 e. The average Bonchev–Trinajstić information content (AvgIpc) is 2.25. The number of rotatable bonds is 1. The van der Waals surface area contributed by atoms with Crippen LogP contribution in [0.4, 0.5) is 14.5 Å². The van der Waals surface area contributed by atoms with Crippen molar-refractivity contribution in [3.05, 3.63) is 36.4 Å². The number of pyridine rings is 2. The molecule has 2 N–H and O–H groups in total. The van der Waals surface area contributed by atoms with E-state index in [1.807, 2.05) is 0 Å². The maximum absolute atomic E-state index is 13.4. The van der Waals surface area contributed by atoms with E-state index in [2.05, 4.69) is 22.6 Å². The van der Waals surface area contributed by atoms with Gasteiger partial charge >= 0.3 is 0 Å². The second kappa shape index (κ2) is 4.05.